The van der Waals surface area contributed by atoms with Crippen molar-refractivity contribution in [3.05, 3.63) is 35.1 Å². The van der Waals surface area contributed by atoms with Gasteiger partial charge in [-0.3, -0.25) is 4.79 Å². The fourth-order valence-corrected chi connectivity index (χ4v) is 2.07. The van der Waals surface area contributed by atoms with Crippen LogP contribution in [0.25, 0.3) is 5.57 Å². The smallest absolute Gasteiger partial charge is 0.167 e. The predicted molar refractivity (Wildman–Crippen MR) is 61.3 cm³/mol. The summed E-state index contributed by atoms with van der Waals surface area (Å²) in [6.07, 6.45) is 1.52. The number of Topliss-reactive ketones (excluding diaryl/α,β-unsaturated/α-hetero) is 1. The minimum atomic E-state index is -0.0158. The summed E-state index contributed by atoms with van der Waals surface area (Å²) in [7, 11) is 0. The van der Waals surface area contributed by atoms with E-state index in [0.717, 1.165) is 11.1 Å². The van der Waals surface area contributed by atoms with Crippen molar-refractivity contribution in [1.82, 2.24) is 0 Å². The zero-order chi connectivity index (χ0) is 11.7. The van der Waals surface area contributed by atoms with Gasteiger partial charge in [0.05, 0.1) is 5.57 Å². The molecule has 0 radical (unpaired) electrons. The van der Waals surface area contributed by atoms with Crippen LogP contribution in [0, 0.1) is 0 Å². The first kappa shape index (κ1) is 10.7. The highest BCUT2D eigenvalue weighted by Crippen LogP contribution is 2.32. The van der Waals surface area contributed by atoms with Gasteiger partial charge in [-0.1, -0.05) is 13.0 Å². The normalized spacial score (nSPS) is 15.9. The van der Waals surface area contributed by atoms with Gasteiger partial charge in [0.2, 0.25) is 0 Å². The monoisotopic (exact) mass is 218 g/mol. The van der Waals surface area contributed by atoms with Gasteiger partial charge in [0.1, 0.15) is 11.5 Å². The molecule has 3 nitrogen and oxygen atoms in total. The highest BCUT2D eigenvalue weighted by Gasteiger charge is 2.25. The fourth-order valence-electron chi connectivity index (χ4n) is 2.07. The van der Waals surface area contributed by atoms with Crippen LogP contribution in [0.2, 0.25) is 0 Å². The Morgan fingerprint density at radius 2 is 2.00 bits per heavy atom. The maximum absolute atomic E-state index is 11.7. The third kappa shape index (κ3) is 1.69. The second-order valence-corrected chi connectivity index (χ2v) is 3.94. The SMILES string of the molecule is CCc1cc(O)ccc1C1=C(O)CCC1=O. The first-order valence-electron chi connectivity index (χ1n) is 5.41. The molecule has 1 aliphatic rings. The van der Waals surface area contributed by atoms with E-state index in [-0.39, 0.29) is 17.3 Å². The largest absolute Gasteiger partial charge is 0.512 e. The number of aliphatic hydroxyl groups is 1. The zero-order valence-corrected chi connectivity index (χ0v) is 9.16. The summed E-state index contributed by atoms with van der Waals surface area (Å²) in [5.41, 5.74) is 2.06. The summed E-state index contributed by atoms with van der Waals surface area (Å²) < 4.78 is 0. The minimum Gasteiger partial charge on any atom is -0.512 e. The second-order valence-electron chi connectivity index (χ2n) is 3.94. The summed E-state index contributed by atoms with van der Waals surface area (Å²) in [6, 6.07) is 4.88. The van der Waals surface area contributed by atoms with E-state index in [1.165, 1.54) is 0 Å². The Balaban J connectivity index is 2.56. The number of hydrogen-bond donors (Lipinski definition) is 2. The fraction of sp³-hybridized carbons (Fsp3) is 0.308. The predicted octanol–water partition coefficient (Wildman–Crippen LogP) is 2.59. The van der Waals surface area contributed by atoms with Crippen molar-refractivity contribution in [3.63, 3.8) is 0 Å². The van der Waals surface area contributed by atoms with Gasteiger partial charge in [0.15, 0.2) is 5.78 Å². The zero-order valence-electron chi connectivity index (χ0n) is 9.16. The van der Waals surface area contributed by atoms with Crippen LogP contribution in [0.5, 0.6) is 5.75 Å². The summed E-state index contributed by atoms with van der Waals surface area (Å²) in [5, 5.41) is 19.1. The van der Waals surface area contributed by atoms with Gasteiger partial charge in [-0.15, -0.1) is 0 Å². The Hall–Kier alpha value is -1.77. The molecule has 0 heterocycles. The number of aliphatic hydroxyl groups excluding tert-OH is 1. The van der Waals surface area contributed by atoms with E-state index in [4.69, 9.17) is 0 Å². The van der Waals surface area contributed by atoms with Crippen molar-refractivity contribution in [1.29, 1.82) is 0 Å². The van der Waals surface area contributed by atoms with Crippen molar-refractivity contribution in [2.24, 2.45) is 0 Å². The molecule has 0 bridgehead atoms. The third-order valence-electron chi connectivity index (χ3n) is 2.90. The molecule has 1 aliphatic carbocycles. The number of aromatic hydroxyl groups is 1. The molecule has 0 saturated heterocycles. The Labute approximate surface area is 94.0 Å². The van der Waals surface area contributed by atoms with Gasteiger partial charge in [-0.05, 0) is 29.7 Å². The van der Waals surface area contributed by atoms with E-state index >= 15 is 0 Å². The Morgan fingerprint density at radius 3 is 2.56 bits per heavy atom. The number of aryl methyl sites for hydroxylation is 1. The number of benzene rings is 1. The van der Waals surface area contributed by atoms with E-state index in [1.807, 2.05) is 6.92 Å². The number of hydrogen-bond acceptors (Lipinski definition) is 3. The van der Waals surface area contributed by atoms with E-state index in [2.05, 4.69) is 0 Å². The maximum atomic E-state index is 11.7. The molecule has 0 saturated carbocycles. The van der Waals surface area contributed by atoms with Crippen LogP contribution >= 0.6 is 0 Å². The molecule has 2 N–H and O–H groups in total. The van der Waals surface area contributed by atoms with Gasteiger partial charge in [-0.2, -0.15) is 0 Å². The molecule has 2 rings (SSSR count). The molecule has 0 fully saturated rings. The molecule has 0 atom stereocenters. The van der Waals surface area contributed by atoms with E-state index in [1.54, 1.807) is 18.2 Å². The van der Waals surface area contributed by atoms with Crippen molar-refractivity contribution in [3.8, 4) is 5.75 Å². The average Bonchev–Trinajstić information content (AvgIpc) is 2.59. The first-order valence-corrected chi connectivity index (χ1v) is 5.41. The first-order chi connectivity index (χ1) is 7.63. The minimum absolute atomic E-state index is 0.0158. The van der Waals surface area contributed by atoms with Crippen LogP contribution in [0.4, 0.5) is 0 Å². The molecule has 16 heavy (non-hydrogen) atoms. The molecule has 84 valence electrons. The molecule has 3 heteroatoms. The van der Waals surface area contributed by atoms with Gasteiger partial charge in [0.25, 0.3) is 0 Å². The van der Waals surface area contributed by atoms with Crippen molar-refractivity contribution < 1.29 is 15.0 Å². The molecule has 1 aromatic carbocycles. The molecule has 0 spiro atoms. The van der Waals surface area contributed by atoms with Crippen molar-refractivity contribution >= 4 is 11.4 Å². The summed E-state index contributed by atoms with van der Waals surface area (Å²) in [6.45, 7) is 1.95. The number of ketones is 1. The standard InChI is InChI=1S/C13H14O3/c1-2-8-7-9(14)3-4-10(8)13-11(15)5-6-12(13)16/h3-4,7,14-15H,2,5-6H2,1H3. The van der Waals surface area contributed by atoms with Crippen LogP contribution in [0.15, 0.2) is 24.0 Å². The van der Waals surface area contributed by atoms with Crippen LogP contribution in [-0.4, -0.2) is 16.0 Å². The summed E-state index contributed by atoms with van der Waals surface area (Å²) in [5.74, 6) is 0.342. The number of rotatable bonds is 2. The van der Waals surface area contributed by atoms with Crippen LogP contribution in [-0.2, 0) is 11.2 Å². The highest BCUT2D eigenvalue weighted by molar-refractivity contribution is 6.23. The number of phenolic OH excluding ortho intramolecular Hbond substituents is 1. The van der Waals surface area contributed by atoms with Crippen LogP contribution in [0.1, 0.15) is 30.9 Å². The van der Waals surface area contributed by atoms with Crippen molar-refractivity contribution in [2.45, 2.75) is 26.2 Å². The summed E-state index contributed by atoms with van der Waals surface area (Å²) in [4.78, 5) is 11.7. The molecular formula is C13H14O3. The molecule has 1 aromatic rings. The Bertz CT molecular complexity index is 472. The van der Waals surface area contributed by atoms with E-state index in [0.29, 0.717) is 24.8 Å². The molecule has 0 amide bonds. The van der Waals surface area contributed by atoms with Gasteiger partial charge in [0, 0.05) is 12.8 Å². The number of phenols is 1. The highest BCUT2D eigenvalue weighted by atomic mass is 16.3. The lowest BCUT2D eigenvalue weighted by Gasteiger charge is -2.09. The molecule has 0 unspecified atom stereocenters. The Morgan fingerprint density at radius 1 is 1.25 bits per heavy atom. The van der Waals surface area contributed by atoms with Crippen molar-refractivity contribution in [2.75, 3.05) is 0 Å². The van der Waals surface area contributed by atoms with Gasteiger partial charge >= 0.3 is 0 Å². The third-order valence-corrected chi connectivity index (χ3v) is 2.90. The Kier molecular flexibility index (Phi) is 2.69. The molecule has 0 aromatic heterocycles. The topological polar surface area (TPSA) is 57.5 Å². The quantitative estimate of drug-likeness (QED) is 0.802. The van der Waals surface area contributed by atoms with Gasteiger partial charge in [-0.25, -0.2) is 0 Å². The lowest BCUT2D eigenvalue weighted by Crippen LogP contribution is -2.00. The molecule has 0 aliphatic heterocycles. The average molecular weight is 218 g/mol. The van der Waals surface area contributed by atoms with Crippen LogP contribution < -0.4 is 0 Å². The second kappa shape index (κ2) is 4.00. The van der Waals surface area contributed by atoms with E-state index < -0.39 is 0 Å². The maximum Gasteiger partial charge on any atom is 0.167 e. The number of carbonyl (C=O) groups excluding carboxylic acids is 1. The van der Waals surface area contributed by atoms with E-state index in [9.17, 15) is 15.0 Å². The number of carbonyl (C=O) groups is 1. The molecular weight excluding hydrogens is 204 g/mol. The van der Waals surface area contributed by atoms with Gasteiger partial charge < -0.3 is 10.2 Å². The lowest BCUT2D eigenvalue weighted by atomic mass is 9.96. The lowest BCUT2D eigenvalue weighted by molar-refractivity contribution is -0.113. The summed E-state index contributed by atoms with van der Waals surface area (Å²) >= 11 is 0. The van der Waals surface area contributed by atoms with Crippen LogP contribution in [0.3, 0.4) is 0 Å². The number of allylic oxidation sites excluding steroid dienone is 2.